The Morgan fingerprint density at radius 2 is 2.05 bits per heavy atom. The Hall–Kier alpha value is -0.610. The summed E-state index contributed by atoms with van der Waals surface area (Å²) in [5.74, 6) is -0.00343. The summed E-state index contributed by atoms with van der Waals surface area (Å²) in [6.07, 6.45) is 8.31. The first-order valence-electron chi connectivity index (χ1n) is 7.95. The number of ether oxygens (including phenoxy) is 1. The molecule has 1 N–H and O–H groups in total. The van der Waals surface area contributed by atoms with Crippen molar-refractivity contribution >= 4 is 5.97 Å². The molecule has 4 nitrogen and oxygen atoms in total. The molecule has 2 unspecified atom stereocenters. The highest BCUT2D eigenvalue weighted by Gasteiger charge is 2.55. The highest BCUT2D eigenvalue weighted by atomic mass is 16.5. The molecular weight excluding hydrogens is 240 g/mol. The third-order valence-electron chi connectivity index (χ3n) is 5.18. The Kier molecular flexibility index (Phi) is 3.81. The van der Waals surface area contributed by atoms with Gasteiger partial charge in [-0.3, -0.25) is 10.2 Å². The first-order chi connectivity index (χ1) is 9.26. The van der Waals surface area contributed by atoms with Crippen molar-refractivity contribution in [2.45, 2.75) is 69.5 Å². The Bertz CT molecular complexity index is 341. The zero-order valence-electron chi connectivity index (χ0n) is 12.0. The standard InChI is InChI=1S/C15H26N2O2/c1-2-19-14(18)15(16-12-6-3-4-7-12)9-11-17-10-5-8-13(15)17/h12-13,16H,2-11H2,1H3. The lowest BCUT2D eigenvalue weighted by atomic mass is 9.87. The molecule has 0 amide bonds. The molecule has 2 aliphatic heterocycles. The fourth-order valence-corrected chi connectivity index (χ4v) is 4.30. The summed E-state index contributed by atoms with van der Waals surface area (Å²) in [5, 5.41) is 3.73. The minimum absolute atomic E-state index is 0.00343. The highest BCUT2D eigenvalue weighted by molar-refractivity contribution is 5.82. The number of nitrogens with one attached hydrogen (secondary N) is 1. The molecule has 1 saturated carbocycles. The van der Waals surface area contributed by atoms with Crippen molar-refractivity contribution in [2.24, 2.45) is 0 Å². The van der Waals surface area contributed by atoms with Gasteiger partial charge in [-0.15, -0.1) is 0 Å². The molecule has 19 heavy (non-hydrogen) atoms. The van der Waals surface area contributed by atoms with Crippen LogP contribution in [0.5, 0.6) is 0 Å². The van der Waals surface area contributed by atoms with Crippen molar-refractivity contribution in [3.8, 4) is 0 Å². The van der Waals surface area contributed by atoms with E-state index in [4.69, 9.17) is 4.74 Å². The van der Waals surface area contributed by atoms with Gasteiger partial charge in [0.05, 0.1) is 6.61 Å². The average molecular weight is 266 g/mol. The number of esters is 1. The quantitative estimate of drug-likeness (QED) is 0.786. The summed E-state index contributed by atoms with van der Waals surface area (Å²) in [6.45, 7) is 4.59. The van der Waals surface area contributed by atoms with E-state index in [0.717, 1.165) is 25.9 Å². The van der Waals surface area contributed by atoms with Crippen LogP contribution in [-0.4, -0.2) is 48.2 Å². The second kappa shape index (κ2) is 5.41. The number of fused-ring (bicyclic) bond motifs is 1. The van der Waals surface area contributed by atoms with Crippen LogP contribution in [0.15, 0.2) is 0 Å². The lowest BCUT2D eigenvalue weighted by Crippen LogP contribution is -2.61. The van der Waals surface area contributed by atoms with E-state index in [2.05, 4.69) is 10.2 Å². The van der Waals surface area contributed by atoms with Crippen molar-refractivity contribution < 1.29 is 9.53 Å². The molecule has 2 saturated heterocycles. The molecule has 2 atom stereocenters. The SMILES string of the molecule is CCOC(=O)C1(NC2CCCC2)CCN2CCCC21. The maximum absolute atomic E-state index is 12.6. The van der Waals surface area contributed by atoms with Crippen LogP contribution in [-0.2, 0) is 9.53 Å². The Labute approximate surface area is 115 Å². The predicted octanol–water partition coefficient (Wildman–Crippen LogP) is 1.69. The molecule has 0 aromatic rings. The molecular formula is C15H26N2O2. The van der Waals surface area contributed by atoms with Crippen LogP contribution in [0.2, 0.25) is 0 Å². The molecule has 3 fully saturated rings. The van der Waals surface area contributed by atoms with Gasteiger partial charge in [-0.05, 0) is 45.6 Å². The lowest BCUT2D eigenvalue weighted by Gasteiger charge is -2.36. The Balaban J connectivity index is 1.80. The van der Waals surface area contributed by atoms with E-state index >= 15 is 0 Å². The Morgan fingerprint density at radius 1 is 1.26 bits per heavy atom. The third-order valence-corrected chi connectivity index (χ3v) is 5.18. The van der Waals surface area contributed by atoms with Gasteiger partial charge < -0.3 is 4.74 Å². The molecule has 3 rings (SSSR count). The number of hydrogen-bond donors (Lipinski definition) is 1. The predicted molar refractivity (Wildman–Crippen MR) is 74.0 cm³/mol. The molecule has 0 spiro atoms. The van der Waals surface area contributed by atoms with Crippen LogP contribution in [0.4, 0.5) is 0 Å². The number of carbonyl (C=O) groups excluding carboxylic acids is 1. The molecule has 2 heterocycles. The molecule has 108 valence electrons. The maximum atomic E-state index is 12.6. The molecule has 0 aromatic heterocycles. The van der Waals surface area contributed by atoms with E-state index in [1.54, 1.807) is 0 Å². The second-order valence-electron chi connectivity index (χ2n) is 6.26. The van der Waals surface area contributed by atoms with Crippen LogP contribution in [0.1, 0.15) is 51.9 Å². The van der Waals surface area contributed by atoms with Crippen molar-refractivity contribution in [1.29, 1.82) is 0 Å². The Morgan fingerprint density at radius 3 is 2.79 bits per heavy atom. The summed E-state index contributed by atoms with van der Waals surface area (Å²) in [5.41, 5.74) is -0.415. The van der Waals surface area contributed by atoms with E-state index in [1.807, 2.05) is 6.92 Å². The second-order valence-corrected chi connectivity index (χ2v) is 6.26. The van der Waals surface area contributed by atoms with Crippen LogP contribution >= 0.6 is 0 Å². The minimum Gasteiger partial charge on any atom is -0.465 e. The maximum Gasteiger partial charge on any atom is 0.328 e. The topological polar surface area (TPSA) is 41.6 Å². The summed E-state index contributed by atoms with van der Waals surface area (Å²) < 4.78 is 5.42. The van der Waals surface area contributed by atoms with E-state index in [1.165, 1.54) is 32.1 Å². The van der Waals surface area contributed by atoms with Gasteiger partial charge in [0.2, 0.25) is 0 Å². The highest BCUT2D eigenvalue weighted by Crippen LogP contribution is 2.38. The monoisotopic (exact) mass is 266 g/mol. The number of carbonyl (C=O) groups is 1. The van der Waals surface area contributed by atoms with E-state index < -0.39 is 5.54 Å². The normalized spacial score (nSPS) is 35.7. The van der Waals surface area contributed by atoms with Gasteiger partial charge in [0, 0.05) is 18.6 Å². The van der Waals surface area contributed by atoms with E-state index in [9.17, 15) is 4.79 Å². The average Bonchev–Trinajstić information content (AvgIpc) is 3.09. The van der Waals surface area contributed by atoms with Crippen LogP contribution < -0.4 is 5.32 Å². The largest absolute Gasteiger partial charge is 0.465 e. The zero-order valence-corrected chi connectivity index (χ0v) is 12.0. The fraction of sp³-hybridized carbons (Fsp3) is 0.933. The van der Waals surface area contributed by atoms with E-state index in [-0.39, 0.29) is 5.97 Å². The molecule has 3 aliphatic rings. The number of nitrogens with zero attached hydrogens (tertiary/aromatic N) is 1. The van der Waals surface area contributed by atoms with E-state index in [0.29, 0.717) is 18.7 Å². The first kappa shape index (κ1) is 13.4. The molecule has 0 radical (unpaired) electrons. The van der Waals surface area contributed by atoms with Gasteiger partial charge in [0.25, 0.3) is 0 Å². The smallest absolute Gasteiger partial charge is 0.328 e. The summed E-state index contributed by atoms with van der Waals surface area (Å²) in [4.78, 5) is 15.1. The van der Waals surface area contributed by atoms with Crippen molar-refractivity contribution in [1.82, 2.24) is 10.2 Å². The van der Waals surface area contributed by atoms with Gasteiger partial charge in [-0.25, -0.2) is 4.79 Å². The first-order valence-corrected chi connectivity index (χ1v) is 7.95. The van der Waals surface area contributed by atoms with Crippen molar-refractivity contribution in [3.05, 3.63) is 0 Å². The van der Waals surface area contributed by atoms with Gasteiger partial charge in [-0.2, -0.15) is 0 Å². The zero-order chi connectivity index (χ0) is 13.3. The van der Waals surface area contributed by atoms with Crippen LogP contribution in [0.3, 0.4) is 0 Å². The third kappa shape index (κ3) is 2.29. The van der Waals surface area contributed by atoms with Crippen LogP contribution in [0.25, 0.3) is 0 Å². The number of rotatable bonds is 4. The summed E-state index contributed by atoms with van der Waals surface area (Å²) >= 11 is 0. The van der Waals surface area contributed by atoms with Crippen molar-refractivity contribution in [2.75, 3.05) is 19.7 Å². The summed E-state index contributed by atoms with van der Waals surface area (Å²) in [6, 6.07) is 0.886. The number of hydrogen-bond acceptors (Lipinski definition) is 4. The van der Waals surface area contributed by atoms with Gasteiger partial charge >= 0.3 is 5.97 Å². The summed E-state index contributed by atoms with van der Waals surface area (Å²) in [7, 11) is 0. The minimum atomic E-state index is -0.415. The molecule has 0 aromatic carbocycles. The fourth-order valence-electron chi connectivity index (χ4n) is 4.30. The lowest BCUT2D eigenvalue weighted by molar-refractivity contribution is -0.152. The van der Waals surface area contributed by atoms with Crippen LogP contribution in [0, 0.1) is 0 Å². The molecule has 1 aliphatic carbocycles. The van der Waals surface area contributed by atoms with Gasteiger partial charge in [0.15, 0.2) is 0 Å². The van der Waals surface area contributed by atoms with Crippen molar-refractivity contribution in [3.63, 3.8) is 0 Å². The molecule has 4 heteroatoms. The molecule has 0 bridgehead atoms. The van der Waals surface area contributed by atoms with Gasteiger partial charge in [-0.1, -0.05) is 12.8 Å². The van der Waals surface area contributed by atoms with Gasteiger partial charge in [0.1, 0.15) is 5.54 Å².